The van der Waals surface area contributed by atoms with Crippen LogP contribution in [-0.2, 0) is 80.8 Å². The third-order valence-corrected chi connectivity index (χ3v) is 30.0. The number of halogens is 2. The maximum atomic E-state index is 13.7. The van der Waals surface area contributed by atoms with E-state index in [9.17, 15) is 53.5 Å². The van der Waals surface area contributed by atoms with E-state index in [4.69, 9.17) is 65.6 Å². The van der Waals surface area contributed by atoms with Gasteiger partial charge in [-0.3, -0.25) is 28.8 Å². The molecule has 6 aliphatic carbocycles. The van der Waals surface area contributed by atoms with Crippen molar-refractivity contribution in [3.05, 3.63) is 110 Å². The Hall–Kier alpha value is -7.74. The molecule has 3 atom stereocenters. The van der Waals surface area contributed by atoms with E-state index in [0.29, 0.717) is 162 Å². The van der Waals surface area contributed by atoms with E-state index in [1.807, 2.05) is 39.0 Å². The van der Waals surface area contributed by atoms with Gasteiger partial charge in [-0.1, -0.05) is 93.6 Å². The SMILES string of the molecule is C=CC(=O)OCCC(C)CCOC(=O)C1CCC(C2CCC(C(=O)O)CC2)CC1.O=S(Cl)Cl.[C-]#[N+]/C(C#N)=C1/Sc2c(C)ccc(O)c2S1.[C-]#[N+]C(C#N)=C1Sc2c(OC(=O)C3CCC(C4CCC(C(=O)OCCC(C)CCOC(=O)C=C)CC4)CC3)ccc(OC(=O)C3CCC(C4CCC(C(=O)OCCC(C)CCOC(=O)C=C)CC4)CC3)c2S1. The highest BCUT2D eigenvalue weighted by Crippen LogP contribution is 2.60. The maximum absolute atomic E-state index is 13.7. The summed E-state index contributed by atoms with van der Waals surface area (Å²) in [7, 11) is 7.36. The number of thioether (sulfide) groups is 4. The van der Waals surface area contributed by atoms with Crippen molar-refractivity contribution in [2.75, 3.05) is 39.6 Å². The smallest absolute Gasteiger partial charge is 0.330 e. The van der Waals surface area contributed by atoms with Crippen LogP contribution in [0.3, 0.4) is 0 Å². The van der Waals surface area contributed by atoms with Crippen LogP contribution in [-0.4, -0.2) is 108 Å². The zero-order valence-electron chi connectivity index (χ0n) is 69.6. The van der Waals surface area contributed by atoms with Crippen molar-refractivity contribution in [2.24, 2.45) is 88.8 Å². The first-order valence-electron chi connectivity index (χ1n) is 42.1. The van der Waals surface area contributed by atoms with Crippen LogP contribution < -0.4 is 9.47 Å². The zero-order chi connectivity index (χ0) is 88.1. The number of benzene rings is 2. The van der Waals surface area contributed by atoms with Crippen LogP contribution in [0.2, 0.25) is 0 Å². The molecule has 6 saturated carbocycles. The number of carboxylic acid groups (broad SMARTS) is 1. The first-order chi connectivity index (χ1) is 58.1. The Morgan fingerprint density at radius 2 is 0.686 bits per heavy atom. The normalized spacial score (nSPS) is 24.4. The number of carbonyl (C=O) groups excluding carboxylic acids is 8. The fourth-order valence-corrected chi connectivity index (χ4v) is 22.1. The van der Waals surface area contributed by atoms with Crippen molar-refractivity contribution in [3.8, 4) is 29.4 Å². The van der Waals surface area contributed by atoms with Crippen LogP contribution in [0.1, 0.15) is 219 Å². The monoisotopic (exact) mass is 1800 g/mol. The van der Waals surface area contributed by atoms with Crippen LogP contribution in [0.25, 0.3) is 9.69 Å². The molecule has 10 rings (SSSR count). The number of phenolic OH excluding ortho intramolecular Hbond substituents is 1. The maximum Gasteiger partial charge on any atom is 0.330 e. The Balaban J connectivity index is 0.000000331. The first-order valence-corrected chi connectivity index (χ1v) is 48.2. The molecule has 6 fully saturated rings. The summed E-state index contributed by atoms with van der Waals surface area (Å²) in [5.41, 5.74) is 1.05. The van der Waals surface area contributed by atoms with Gasteiger partial charge in [0.15, 0.2) is 0 Å². The summed E-state index contributed by atoms with van der Waals surface area (Å²) in [4.78, 5) is 120. The van der Waals surface area contributed by atoms with Gasteiger partial charge in [0, 0.05) is 44.5 Å². The molecule has 121 heavy (non-hydrogen) atoms. The summed E-state index contributed by atoms with van der Waals surface area (Å²) in [5, 5.41) is 37.3. The number of allylic oxidation sites excluding steroid dienone is 2. The quantitative estimate of drug-likeness (QED) is 0.0131. The highest BCUT2D eigenvalue weighted by molar-refractivity contribution is 8.26. The molecule has 31 heteroatoms. The molecule has 0 bridgehead atoms. The van der Waals surface area contributed by atoms with Gasteiger partial charge in [0.25, 0.3) is 11.4 Å². The number of ether oxygens (including phenoxy) is 8. The largest absolute Gasteiger partial charge is 0.507 e. The molecular formula is C90H114Cl2N4O20S5. The van der Waals surface area contributed by atoms with Crippen LogP contribution >= 0.6 is 68.4 Å². The Morgan fingerprint density at radius 3 is 0.934 bits per heavy atom. The van der Waals surface area contributed by atoms with Crippen LogP contribution in [0.5, 0.6) is 17.2 Å². The first kappa shape index (κ1) is 100. The minimum Gasteiger partial charge on any atom is -0.507 e. The van der Waals surface area contributed by atoms with E-state index in [1.54, 1.807) is 18.2 Å². The minimum absolute atomic E-state index is 0.00506. The molecule has 2 aromatic carbocycles. The average molecular weight is 1800 g/mol. The molecule has 2 N–H and O–H groups in total. The molecule has 0 saturated heterocycles. The number of aromatic hydroxyl groups is 1. The highest BCUT2D eigenvalue weighted by Gasteiger charge is 2.41. The van der Waals surface area contributed by atoms with Gasteiger partial charge in [-0.15, -0.1) is 0 Å². The van der Waals surface area contributed by atoms with Gasteiger partial charge in [0.1, 0.15) is 17.2 Å². The molecule has 3 unspecified atom stereocenters. The molecule has 2 heterocycles. The van der Waals surface area contributed by atoms with Crippen molar-refractivity contribution in [1.82, 2.24) is 0 Å². The predicted octanol–water partition coefficient (Wildman–Crippen LogP) is 20.8. The third-order valence-electron chi connectivity index (χ3n) is 24.6. The molecule has 24 nitrogen and oxygen atoms in total. The van der Waals surface area contributed by atoms with Crippen LogP contribution in [0, 0.1) is 131 Å². The summed E-state index contributed by atoms with van der Waals surface area (Å²) in [6, 6.07) is 10.6. The van der Waals surface area contributed by atoms with E-state index < -0.39 is 33.1 Å². The molecule has 0 spiro atoms. The number of esters is 8. The second-order valence-corrected chi connectivity index (χ2v) is 39.7. The number of hydrogen-bond donors (Lipinski definition) is 2. The number of phenols is 1. The lowest BCUT2D eigenvalue weighted by Crippen LogP contribution is -2.32. The van der Waals surface area contributed by atoms with Gasteiger partial charge < -0.3 is 48.1 Å². The fourth-order valence-electron chi connectivity index (χ4n) is 17.1. The Morgan fingerprint density at radius 1 is 0.438 bits per heavy atom. The van der Waals surface area contributed by atoms with Gasteiger partial charge in [0.2, 0.25) is 9.23 Å². The van der Waals surface area contributed by atoms with Crippen LogP contribution in [0.15, 0.2) is 102 Å². The van der Waals surface area contributed by atoms with Crippen molar-refractivity contribution in [1.29, 1.82) is 10.5 Å². The topological polar surface area (TPSA) is 341 Å². The van der Waals surface area contributed by atoms with Crippen molar-refractivity contribution in [2.45, 2.75) is 240 Å². The summed E-state index contributed by atoms with van der Waals surface area (Å²) in [6.45, 7) is 34.8. The Kier molecular flexibility index (Phi) is 43.8. The summed E-state index contributed by atoms with van der Waals surface area (Å²) >= 11 is 5.04. The molecule has 0 aromatic heterocycles. The molecule has 2 aliphatic heterocycles. The number of aryl methyl sites for hydroxylation is 1. The lowest BCUT2D eigenvalue weighted by atomic mass is 9.69. The second kappa shape index (κ2) is 52.8. The molecule has 658 valence electrons. The summed E-state index contributed by atoms with van der Waals surface area (Å²) in [5.74, 6) is 1.09. The minimum atomic E-state index is -1.67. The molecule has 8 aliphatic rings. The lowest BCUT2D eigenvalue weighted by molar-refractivity contribution is -0.151. The number of fused-ring (bicyclic) bond motifs is 2. The van der Waals surface area contributed by atoms with Crippen molar-refractivity contribution >= 4 is 131 Å². The molecular weight excluding hydrogens is 1690 g/mol. The van der Waals surface area contributed by atoms with Gasteiger partial charge >= 0.3 is 53.7 Å². The van der Waals surface area contributed by atoms with E-state index in [2.05, 4.69) is 57.7 Å². The van der Waals surface area contributed by atoms with Crippen LogP contribution in [0.4, 0.5) is 0 Å². The fraction of sp³-hybridized carbons (Fsp3) is 0.611. The highest BCUT2D eigenvalue weighted by atomic mass is 36.0. The predicted molar refractivity (Wildman–Crippen MR) is 464 cm³/mol. The number of nitrogens with zero attached hydrogens (tertiary/aromatic N) is 4. The Bertz CT molecular complexity index is 3990. The van der Waals surface area contributed by atoms with Crippen molar-refractivity contribution < 1.29 is 95.5 Å². The number of carboxylic acids is 1. The van der Waals surface area contributed by atoms with Gasteiger partial charge in [0.05, 0.1) is 124 Å². The number of carbonyl (C=O) groups is 9. The molecule has 2 aromatic rings. The number of hydrogen-bond acceptors (Lipinski definition) is 25. The van der Waals surface area contributed by atoms with Gasteiger partial charge in [-0.25, -0.2) is 38.8 Å². The van der Waals surface area contributed by atoms with E-state index in [0.717, 1.165) is 175 Å². The van der Waals surface area contributed by atoms with Crippen molar-refractivity contribution in [3.63, 3.8) is 0 Å². The summed E-state index contributed by atoms with van der Waals surface area (Å²) < 4.78 is 54.2. The number of aliphatic carboxylic acids is 1. The third kappa shape index (κ3) is 32.7. The average Bonchev–Trinajstić information content (AvgIpc) is 1.65. The molecule has 0 amide bonds. The number of rotatable bonds is 32. The standard InChI is InChI=1S/C56H72N2O12S2.C23H36O6.C11H6N2OS2.Cl2OS/c1-6-48(59)65-30-26-35(3)28-32-67-52(61)41-16-8-37(9-17-41)39-12-20-43(21-13-39)54(63)69-46-24-25-47(51-50(46)71-56(72-51)45(34-57)58-5)70-55(64)44-22-14-40(15-23-44)38-10-18-42(19-11-38)53(62)68-33-29-36(4)27-31-66-49(60)7-2;1-3-21(24)28-14-12-16(2)13-15-29-23(27)20-10-6-18(7-11-20)17-4-8-19(9-5-17)22(25)26;1-6-3-4-8(14)10-9(6)15-11(16-10)7(5-12)13-2;1-4(2)3/h6-7,24-25,35-44H,1-2,8-23,26-33H2,3-4H3;3,16-20H,1,4-15H2,2H3,(H,25,26);3-4,14H,1H3;/b;;11-7-;. The van der Waals surface area contributed by atoms with E-state index in [-0.39, 0.29) is 94.3 Å². The number of nitriles is 2. The lowest BCUT2D eigenvalue weighted by Gasteiger charge is -2.37. The molecule has 0 radical (unpaired) electrons. The van der Waals surface area contributed by atoms with Gasteiger partial charge in [-0.05, 0) is 277 Å². The van der Waals surface area contributed by atoms with E-state index >= 15 is 0 Å². The zero-order valence-corrected chi connectivity index (χ0v) is 75.2. The van der Waals surface area contributed by atoms with Gasteiger partial charge in [-0.2, -0.15) is 0 Å². The second-order valence-electron chi connectivity index (χ2n) is 32.6. The summed E-state index contributed by atoms with van der Waals surface area (Å²) in [6.07, 6.45) is 28.7. The Labute approximate surface area is 740 Å². The van der Waals surface area contributed by atoms with E-state index in [1.165, 1.54) is 47.0 Å².